The van der Waals surface area contributed by atoms with Gasteiger partial charge in [0.05, 0.1) is 0 Å². The fourth-order valence-electron chi connectivity index (χ4n) is 3.55. The summed E-state index contributed by atoms with van der Waals surface area (Å²) < 4.78 is 31.7. The molecule has 1 aromatic rings. The number of halogens is 4. The number of benzene rings is 1. The topological polar surface area (TPSA) is 60.9 Å². The van der Waals surface area contributed by atoms with Gasteiger partial charge in [0.1, 0.15) is 0 Å². The minimum Gasteiger partial charge on any atom is -0.475 e. The van der Waals surface area contributed by atoms with Crippen LogP contribution in [0.4, 0.5) is 13.2 Å². The average Bonchev–Trinajstić information content (AvgIpc) is 2.66. The quantitative estimate of drug-likeness (QED) is 0.811. The van der Waals surface area contributed by atoms with Crippen LogP contribution >= 0.6 is 11.6 Å². The monoisotopic (exact) mass is 420 g/mol. The number of aliphatic carboxylic acids is 1. The molecule has 1 atom stereocenters. The van der Waals surface area contributed by atoms with Gasteiger partial charge in [0.15, 0.2) is 0 Å². The molecule has 1 amide bonds. The van der Waals surface area contributed by atoms with Crippen molar-refractivity contribution in [2.75, 3.05) is 26.7 Å². The van der Waals surface area contributed by atoms with Crippen molar-refractivity contribution in [1.82, 2.24) is 9.80 Å². The number of nitrogens with zero attached hydrogens (tertiary/aromatic N) is 2. The molecule has 1 unspecified atom stereocenters. The third-order valence-corrected chi connectivity index (χ3v) is 5.67. The fourth-order valence-corrected chi connectivity index (χ4v) is 3.68. The van der Waals surface area contributed by atoms with Gasteiger partial charge in [-0.05, 0) is 50.4 Å². The van der Waals surface area contributed by atoms with E-state index in [1.54, 1.807) is 0 Å². The van der Waals surface area contributed by atoms with E-state index in [0.717, 1.165) is 31.0 Å². The molecule has 0 aliphatic carbocycles. The minimum absolute atomic E-state index is 0.286. The second-order valence-electron chi connectivity index (χ2n) is 7.24. The lowest BCUT2D eigenvalue weighted by Gasteiger charge is -2.55. The Bertz CT molecular complexity index is 697. The molecular formula is C19H24ClF3N2O3. The van der Waals surface area contributed by atoms with Crippen molar-refractivity contribution >= 4 is 23.5 Å². The van der Waals surface area contributed by atoms with Crippen molar-refractivity contribution in [3.05, 3.63) is 34.9 Å². The standard InChI is InChI=1S/C17H23ClN2O.C2HF3O2/c1-19-12-10-17(19)9-2-11-20(13-17)16(21)8-5-14-3-6-15(18)7-4-14;3-2(4,5)1(6)7/h3-4,6-7H,2,5,8-13H2,1H3;(H,6,7). The molecule has 9 heteroatoms. The Labute approximate surface area is 167 Å². The van der Waals surface area contributed by atoms with Crippen LogP contribution in [-0.4, -0.2) is 65.2 Å². The number of amides is 1. The van der Waals surface area contributed by atoms with E-state index >= 15 is 0 Å². The molecule has 3 rings (SSSR count). The van der Waals surface area contributed by atoms with Gasteiger partial charge in [0, 0.05) is 36.6 Å². The Balaban J connectivity index is 0.000000345. The molecule has 2 aliphatic heterocycles. The number of hydrogen-bond acceptors (Lipinski definition) is 3. The number of likely N-dealkylation sites (N-methyl/N-ethyl adjacent to an activating group) is 1. The van der Waals surface area contributed by atoms with Crippen molar-refractivity contribution in [2.45, 2.75) is 43.8 Å². The molecule has 0 saturated carbocycles. The van der Waals surface area contributed by atoms with Gasteiger partial charge in [-0.1, -0.05) is 23.7 Å². The maximum absolute atomic E-state index is 12.5. The number of aryl methyl sites for hydroxylation is 1. The highest BCUT2D eigenvalue weighted by atomic mass is 35.5. The first-order chi connectivity index (χ1) is 13.0. The van der Waals surface area contributed by atoms with Gasteiger partial charge in [-0.2, -0.15) is 13.2 Å². The van der Waals surface area contributed by atoms with E-state index in [9.17, 15) is 18.0 Å². The number of alkyl halides is 3. The Morgan fingerprint density at radius 1 is 1.18 bits per heavy atom. The van der Waals surface area contributed by atoms with Crippen LogP contribution in [0, 0.1) is 0 Å². The lowest BCUT2D eigenvalue weighted by molar-refractivity contribution is -0.192. The zero-order chi connectivity index (χ0) is 20.9. The molecule has 1 aromatic carbocycles. The molecule has 28 heavy (non-hydrogen) atoms. The summed E-state index contributed by atoms with van der Waals surface area (Å²) in [6.45, 7) is 3.02. The van der Waals surface area contributed by atoms with Crippen LogP contribution in [-0.2, 0) is 16.0 Å². The van der Waals surface area contributed by atoms with Gasteiger partial charge in [-0.15, -0.1) is 0 Å². The summed E-state index contributed by atoms with van der Waals surface area (Å²) in [6.07, 6.45) is -0.0667. The van der Waals surface area contributed by atoms with Crippen LogP contribution in [0.25, 0.3) is 0 Å². The summed E-state index contributed by atoms with van der Waals surface area (Å²) in [5.74, 6) is -2.46. The van der Waals surface area contributed by atoms with E-state index in [0.29, 0.717) is 12.3 Å². The van der Waals surface area contributed by atoms with Gasteiger partial charge < -0.3 is 10.0 Å². The molecule has 2 aliphatic rings. The maximum atomic E-state index is 12.5. The van der Waals surface area contributed by atoms with Gasteiger partial charge >= 0.3 is 12.1 Å². The SMILES string of the molecule is CN1CCC12CCCN(C(=O)CCc1ccc(Cl)cc1)C2.O=C(O)C(F)(F)F. The van der Waals surface area contributed by atoms with E-state index in [1.165, 1.54) is 24.9 Å². The Kier molecular flexibility index (Phi) is 7.33. The summed E-state index contributed by atoms with van der Waals surface area (Å²) >= 11 is 5.88. The van der Waals surface area contributed by atoms with Crippen LogP contribution in [0.2, 0.25) is 5.02 Å². The zero-order valence-corrected chi connectivity index (χ0v) is 16.4. The number of carboxylic acid groups (broad SMARTS) is 1. The fraction of sp³-hybridized carbons (Fsp3) is 0.579. The van der Waals surface area contributed by atoms with E-state index in [2.05, 4.69) is 16.8 Å². The predicted molar refractivity (Wildman–Crippen MR) is 99.3 cm³/mol. The molecule has 1 N–H and O–H groups in total. The smallest absolute Gasteiger partial charge is 0.475 e. The first-order valence-corrected chi connectivity index (χ1v) is 9.45. The number of likely N-dealkylation sites (tertiary alicyclic amines) is 2. The molecule has 5 nitrogen and oxygen atoms in total. The summed E-state index contributed by atoms with van der Waals surface area (Å²) in [7, 11) is 2.19. The Morgan fingerprint density at radius 3 is 2.25 bits per heavy atom. The third-order valence-electron chi connectivity index (χ3n) is 5.41. The van der Waals surface area contributed by atoms with Crippen LogP contribution < -0.4 is 0 Å². The second-order valence-corrected chi connectivity index (χ2v) is 7.68. The second kappa shape index (κ2) is 9.13. The van der Waals surface area contributed by atoms with Crippen LogP contribution in [0.5, 0.6) is 0 Å². The first kappa shape index (κ1) is 22.5. The van der Waals surface area contributed by atoms with Crippen LogP contribution in [0.3, 0.4) is 0 Å². The van der Waals surface area contributed by atoms with Gasteiger partial charge in [0.2, 0.25) is 5.91 Å². The maximum Gasteiger partial charge on any atom is 0.490 e. The number of carbonyl (C=O) groups excluding carboxylic acids is 1. The molecule has 2 fully saturated rings. The highest BCUT2D eigenvalue weighted by molar-refractivity contribution is 6.30. The lowest BCUT2D eigenvalue weighted by atomic mass is 9.78. The highest BCUT2D eigenvalue weighted by Gasteiger charge is 2.45. The summed E-state index contributed by atoms with van der Waals surface area (Å²) in [6, 6.07) is 7.79. The molecule has 2 saturated heterocycles. The zero-order valence-electron chi connectivity index (χ0n) is 15.6. The number of hydrogen-bond donors (Lipinski definition) is 1. The summed E-state index contributed by atoms with van der Waals surface area (Å²) in [5, 5.41) is 7.87. The summed E-state index contributed by atoms with van der Waals surface area (Å²) in [5.41, 5.74) is 1.47. The number of rotatable bonds is 3. The van der Waals surface area contributed by atoms with Crippen LogP contribution in [0.1, 0.15) is 31.2 Å². The first-order valence-electron chi connectivity index (χ1n) is 9.07. The summed E-state index contributed by atoms with van der Waals surface area (Å²) in [4.78, 5) is 25.9. The van der Waals surface area contributed by atoms with Gasteiger partial charge in [0.25, 0.3) is 0 Å². The molecule has 1 spiro atoms. The van der Waals surface area contributed by atoms with Crippen LogP contribution in [0.15, 0.2) is 24.3 Å². The number of piperidine rings is 1. The van der Waals surface area contributed by atoms with E-state index in [-0.39, 0.29) is 5.54 Å². The Hall–Kier alpha value is -1.80. The molecule has 0 aromatic heterocycles. The number of carbonyl (C=O) groups is 2. The van der Waals surface area contributed by atoms with Crippen molar-refractivity contribution in [3.63, 3.8) is 0 Å². The molecule has 0 radical (unpaired) electrons. The third kappa shape index (κ3) is 5.85. The van der Waals surface area contributed by atoms with Crippen molar-refractivity contribution < 1.29 is 27.9 Å². The number of carboxylic acids is 1. The Morgan fingerprint density at radius 2 is 1.79 bits per heavy atom. The normalized spacial score (nSPS) is 22.2. The molecular weight excluding hydrogens is 397 g/mol. The molecule has 2 heterocycles. The highest BCUT2D eigenvalue weighted by Crippen LogP contribution is 2.37. The molecule has 0 bridgehead atoms. The average molecular weight is 421 g/mol. The van der Waals surface area contributed by atoms with Crippen molar-refractivity contribution in [3.8, 4) is 0 Å². The van der Waals surface area contributed by atoms with E-state index in [4.69, 9.17) is 21.5 Å². The van der Waals surface area contributed by atoms with Crippen molar-refractivity contribution in [1.29, 1.82) is 0 Å². The van der Waals surface area contributed by atoms with Crippen molar-refractivity contribution in [2.24, 2.45) is 0 Å². The van der Waals surface area contributed by atoms with E-state index in [1.807, 2.05) is 24.3 Å². The minimum atomic E-state index is -5.08. The van der Waals surface area contributed by atoms with Gasteiger partial charge in [-0.3, -0.25) is 9.69 Å². The van der Waals surface area contributed by atoms with Gasteiger partial charge in [-0.25, -0.2) is 4.79 Å². The predicted octanol–water partition coefficient (Wildman–Crippen LogP) is 3.60. The molecule has 156 valence electrons. The largest absolute Gasteiger partial charge is 0.490 e. The van der Waals surface area contributed by atoms with E-state index < -0.39 is 12.1 Å². The lowest BCUT2D eigenvalue weighted by Crippen LogP contribution is -2.66.